The number of hydrogen-bond donors (Lipinski definition) is 2. The van der Waals surface area contributed by atoms with E-state index in [9.17, 15) is 19.7 Å². The molecule has 3 aromatic carbocycles. The van der Waals surface area contributed by atoms with Gasteiger partial charge in [-0.25, -0.2) is 5.43 Å². The average Bonchev–Trinajstić information content (AvgIpc) is 2.85. The number of carbonyl (C=O) groups excluding carboxylic acids is 2. The molecular formula is C26H26N4O6. The van der Waals surface area contributed by atoms with Gasteiger partial charge in [-0.15, -0.1) is 0 Å². The van der Waals surface area contributed by atoms with E-state index >= 15 is 0 Å². The van der Waals surface area contributed by atoms with Gasteiger partial charge in [-0.2, -0.15) is 5.10 Å². The third kappa shape index (κ3) is 7.13. The number of ether oxygens (including phenoxy) is 2. The van der Waals surface area contributed by atoms with E-state index in [-0.39, 0.29) is 29.4 Å². The number of carbonyl (C=O) groups is 2. The SMILES string of the molecule is COc1cc(C=NNC(=O)CC(=O)Nc2ccc(C)cc2C)c([N+](=O)[O-])cc1OCc1ccccc1. The van der Waals surface area contributed by atoms with E-state index in [1.165, 1.54) is 19.2 Å². The minimum atomic E-state index is -0.675. The summed E-state index contributed by atoms with van der Waals surface area (Å²) in [5, 5.41) is 18.1. The normalized spacial score (nSPS) is 10.6. The molecule has 0 saturated heterocycles. The van der Waals surface area contributed by atoms with Crippen LogP contribution < -0.4 is 20.2 Å². The smallest absolute Gasteiger partial charge is 0.282 e. The Kier molecular flexibility index (Phi) is 8.71. The minimum absolute atomic E-state index is 0.0870. The summed E-state index contributed by atoms with van der Waals surface area (Å²) in [6, 6.07) is 17.5. The lowest BCUT2D eigenvalue weighted by atomic mass is 10.1. The molecule has 0 heterocycles. The van der Waals surface area contributed by atoms with Crippen LogP contribution in [0.5, 0.6) is 11.5 Å². The number of nitro groups is 1. The second-order valence-corrected chi connectivity index (χ2v) is 7.93. The second kappa shape index (κ2) is 12.1. The molecule has 0 bridgehead atoms. The summed E-state index contributed by atoms with van der Waals surface area (Å²) in [6.07, 6.45) is 0.643. The third-order valence-corrected chi connectivity index (χ3v) is 5.12. The molecule has 0 fully saturated rings. The maximum Gasteiger partial charge on any atom is 0.282 e. The number of nitro benzene ring substituents is 1. The monoisotopic (exact) mass is 490 g/mol. The Bertz CT molecular complexity index is 1290. The first-order valence-electron chi connectivity index (χ1n) is 11.0. The fourth-order valence-electron chi connectivity index (χ4n) is 3.34. The van der Waals surface area contributed by atoms with Gasteiger partial charge in [-0.3, -0.25) is 19.7 Å². The van der Waals surface area contributed by atoms with Gasteiger partial charge in [0.1, 0.15) is 13.0 Å². The van der Waals surface area contributed by atoms with E-state index < -0.39 is 23.2 Å². The number of anilines is 1. The first kappa shape index (κ1) is 25.9. The van der Waals surface area contributed by atoms with Crippen LogP contribution >= 0.6 is 0 Å². The highest BCUT2D eigenvalue weighted by molar-refractivity contribution is 6.04. The molecule has 0 aliphatic carbocycles. The van der Waals surface area contributed by atoms with Crippen molar-refractivity contribution in [3.63, 3.8) is 0 Å². The van der Waals surface area contributed by atoms with E-state index in [2.05, 4.69) is 15.8 Å². The van der Waals surface area contributed by atoms with Gasteiger partial charge < -0.3 is 14.8 Å². The van der Waals surface area contributed by atoms with Crippen LogP contribution in [0.25, 0.3) is 0 Å². The molecule has 36 heavy (non-hydrogen) atoms. The molecule has 0 aromatic heterocycles. The van der Waals surface area contributed by atoms with E-state index in [4.69, 9.17) is 9.47 Å². The summed E-state index contributed by atoms with van der Waals surface area (Å²) in [5.41, 5.74) is 5.44. The molecule has 10 heteroatoms. The van der Waals surface area contributed by atoms with Crippen LogP contribution in [0.1, 0.15) is 28.7 Å². The lowest BCUT2D eigenvalue weighted by Gasteiger charge is -2.12. The van der Waals surface area contributed by atoms with E-state index in [0.717, 1.165) is 22.9 Å². The zero-order valence-electron chi connectivity index (χ0n) is 20.1. The number of rotatable bonds is 10. The maximum absolute atomic E-state index is 12.2. The van der Waals surface area contributed by atoms with Crippen LogP contribution in [0.3, 0.4) is 0 Å². The molecule has 186 valence electrons. The van der Waals surface area contributed by atoms with Crippen molar-refractivity contribution in [2.75, 3.05) is 12.4 Å². The van der Waals surface area contributed by atoms with Crippen molar-refractivity contribution < 1.29 is 24.0 Å². The lowest BCUT2D eigenvalue weighted by molar-refractivity contribution is -0.385. The zero-order valence-corrected chi connectivity index (χ0v) is 20.1. The maximum atomic E-state index is 12.2. The molecule has 10 nitrogen and oxygen atoms in total. The van der Waals surface area contributed by atoms with Crippen LogP contribution in [0, 0.1) is 24.0 Å². The number of methoxy groups -OCH3 is 1. The van der Waals surface area contributed by atoms with Crippen molar-refractivity contribution in [3.05, 3.63) is 93.0 Å². The predicted molar refractivity (Wildman–Crippen MR) is 135 cm³/mol. The first-order valence-corrected chi connectivity index (χ1v) is 11.0. The van der Waals surface area contributed by atoms with Crippen molar-refractivity contribution in [1.82, 2.24) is 5.43 Å². The summed E-state index contributed by atoms with van der Waals surface area (Å²) in [5.74, 6) is -0.734. The summed E-state index contributed by atoms with van der Waals surface area (Å²) in [7, 11) is 1.41. The molecule has 0 spiro atoms. The number of nitrogens with one attached hydrogen (secondary N) is 2. The Balaban J connectivity index is 1.65. The number of amides is 2. The Morgan fingerprint density at radius 2 is 1.78 bits per heavy atom. The van der Waals surface area contributed by atoms with Gasteiger partial charge in [-0.1, -0.05) is 48.0 Å². The molecule has 3 aromatic rings. The number of hydrazone groups is 1. The average molecular weight is 491 g/mol. The van der Waals surface area contributed by atoms with Crippen LogP contribution in [-0.2, 0) is 16.2 Å². The molecule has 2 N–H and O–H groups in total. The van der Waals surface area contributed by atoms with Crippen LogP contribution in [0.2, 0.25) is 0 Å². The topological polar surface area (TPSA) is 132 Å². The molecular weight excluding hydrogens is 464 g/mol. The van der Waals surface area contributed by atoms with Gasteiger partial charge in [0.25, 0.3) is 5.69 Å². The minimum Gasteiger partial charge on any atom is -0.493 e. The fraction of sp³-hybridized carbons (Fsp3) is 0.192. The quantitative estimate of drug-likeness (QED) is 0.189. The van der Waals surface area contributed by atoms with Crippen molar-refractivity contribution in [1.29, 1.82) is 0 Å². The number of hydrogen-bond acceptors (Lipinski definition) is 7. The van der Waals surface area contributed by atoms with Crippen molar-refractivity contribution >= 4 is 29.4 Å². The molecule has 0 aliphatic rings. The molecule has 0 aliphatic heterocycles. The Labute approximate surface area is 208 Å². The summed E-state index contributed by atoms with van der Waals surface area (Å²) >= 11 is 0. The Morgan fingerprint density at radius 3 is 2.44 bits per heavy atom. The number of nitrogens with zero attached hydrogens (tertiary/aromatic N) is 2. The molecule has 2 amide bonds. The molecule has 0 radical (unpaired) electrons. The Morgan fingerprint density at radius 1 is 1.03 bits per heavy atom. The molecule has 3 rings (SSSR count). The lowest BCUT2D eigenvalue weighted by Crippen LogP contribution is -2.25. The summed E-state index contributed by atoms with van der Waals surface area (Å²) < 4.78 is 11.0. The van der Waals surface area contributed by atoms with Gasteiger partial charge in [-0.05, 0) is 37.1 Å². The van der Waals surface area contributed by atoms with Crippen molar-refractivity contribution in [3.8, 4) is 11.5 Å². The highest BCUT2D eigenvalue weighted by Crippen LogP contribution is 2.34. The van der Waals surface area contributed by atoms with E-state index in [1.807, 2.05) is 56.3 Å². The van der Waals surface area contributed by atoms with Crippen LogP contribution in [0.15, 0.2) is 65.8 Å². The van der Waals surface area contributed by atoms with E-state index in [1.54, 1.807) is 6.07 Å². The van der Waals surface area contributed by atoms with E-state index in [0.29, 0.717) is 5.69 Å². The number of benzene rings is 3. The summed E-state index contributed by atoms with van der Waals surface area (Å²) in [4.78, 5) is 35.3. The van der Waals surface area contributed by atoms with Crippen molar-refractivity contribution in [2.24, 2.45) is 5.10 Å². The fourth-order valence-corrected chi connectivity index (χ4v) is 3.34. The van der Waals surface area contributed by atoms with Gasteiger partial charge >= 0.3 is 0 Å². The van der Waals surface area contributed by atoms with Gasteiger partial charge in [0, 0.05) is 5.69 Å². The third-order valence-electron chi connectivity index (χ3n) is 5.12. The molecule has 0 atom stereocenters. The van der Waals surface area contributed by atoms with Crippen molar-refractivity contribution in [2.45, 2.75) is 26.9 Å². The highest BCUT2D eigenvalue weighted by Gasteiger charge is 2.19. The predicted octanol–water partition coefficient (Wildman–Crippen LogP) is 4.28. The summed E-state index contributed by atoms with van der Waals surface area (Å²) in [6.45, 7) is 3.99. The van der Waals surface area contributed by atoms with Crippen LogP contribution in [-0.4, -0.2) is 30.1 Å². The van der Waals surface area contributed by atoms with Gasteiger partial charge in [0.15, 0.2) is 11.5 Å². The second-order valence-electron chi connectivity index (χ2n) is 7.93. The zero-order chi connectivity index (χ0) is 26.1. The highest BCUT2D eigenvalue weighted by atomic mass is 16.6. The van der Waals surface area contributed by atoms with Gasteiger partial charge in [0.2, 0.25) is 11.8 Å². The Hall–Kier alpha value is -4.73. The number of aryl methyl sites for hydroxylation is 2. The van der Waals surface area contributed by atoms with Crippen LogP contribution in [0.4, 0.5) is 11.4 Å². The van der Waals surface area contributed by atoms with Gasteiger partial charge in [0.05, 0.1) is 29.9 Å². The molecule has 0 unspecified atom stereocenters. The molecule has 0 saturated carbocycles. The largest absolute Gasteiger partial charge is 0.493 e. The standard InChI is InChI=1S/C26H26N4O6/c1-17-9-10-21(18(2)11-17)28-25(31)14-26(32)29-27-15-20-12-23(35-3)24(13-22(20)30(33)34)36-16-19-7-5-4-6-8-19/h4-13,15H,14,16H2,1-3H3,(H,28,31)(H,29,32). The first-order chi connectivity index (χ1) is 17.3.